The van der Waals surface area contributed by atoms with Crippen LogP contribution in [0, 0.1) is 5.41 Å². The van der Waals surface area contributed by atoms with Gasteiger partial charge in [0.05, 0.1) is 5.75 Å². The van der Waals surface area contributed by atoms with Crippen molar-refractivity contribution in [2.24, 2.45) is 5.41 Å². The number of sulfonamides is 1. The maximum Gasteiger partial charge on any atom is 0.213 e. The van der Waals surface area contributed by atoms with Crippen molar-refractivity contribution in [1.29, 1.82) is 0 Å². The molecular formula is C11H22N2O2S. The number of hydrogen-bond donors (Lipinski definition) is 2. The average Bonchev–Trinajstić information content (AvgIpc) is 2.96. The van der Waals surface area contributed by atoms with Gasteiger partial charge in [0.1, 0.15) is 0 Å². The van der Waals surface area contributed by atoms with Crippen molar-refractivity contribution in [3.8, 4) is 0 Å². The van der Waals surface area contributed by atoms with Crippen LogP contribution in [0.3, 0.4) is 0 Å². The Labute approximate surface area is 98.2 Å². The van der Waals surface area contributed by atoms with Crippen molar-refractivity contribution in [3.05, 3.63) is 0 Å². The second-order valence-electron chi connectivity index (χ2n) is 5.56. The maximum atomic E-state index is 11.8. The van der Waals surface area contributed by atoms with Crippen molar-refractivity contribution >= 4 is 10.0 Å². The Balaban J connectivity index is 1.77. The first-order valence-corrected chi connectivity index (χ1v) is 7.85. The van der Waals surface area contributed by atoms with Gasteiger partial charge in [0, 0.05) is 12.6 Å². The van der Waals surface area contributed by atoms with Crippen molar-refractivity contribution in [1.82, 2.24) is 10.0 Å². The molecule has 0 bridgehead atoms. The third kappa shape index (κ3) is 3.71. The molecule has 1 unspecified atom stereocenters. The summed E-state index contributed by atoms with van der Waals surface area (Å²) in [5, 5.41) is 3.27. The lowest BCUT2D eigenvalue weighted by molar-refractivity contribution is 0.421. The van der Waals surface area contributed by atoms with E-state index in [0.29, 0.717) is 6.54 Å². The first kappa shape index (κ1) is 12.3. The Bertz CT molecular complexity index is 330. The summed E-state index contributed by atoms with van der Waals surface area (Å²) in [5.74, 6) is 0.239. The van der Waals surface area contributed by atoms with Crippen LogP contribution in [0.1, 0.15) is 39.0 Å². The first-order chi connectivity index (χ1) is 7.49. The highest BCUT2D eigenvalue weighted by Crippen LogP contribution is 2.44. The molecule has 0 amide bonds. The van der Waals surface area contributed by atoms with Crippen molar-refractivity contribution in [3.63, 3.8) is 0 Å². The predicted molar refractivity (Wildman–Crippen MR) is 64.8 cm³/mol. The first-order valence-electron chi connectivity index (χ1n) is 6.20. The van der Waals surface area contributed by atoms with Crippen LogP contribution < -0.4 is 10.0 Å². The minimum atomic E-state index is -3.09. The summed E-state index contributed by atoms with van der Waals surface area (Å²) in [6, 6.07) is 0.151. The van der Waals surface area contributed by atoms with E-state index in [2.05, 4.69) is 17.0 Å². The lowest BCUT2D eigenvalue weighted by Crippen LogP contribution is -2.43. The van der Waals surface area contributed by atoms with E-state index >= 15 is 0 Å². The zero-order valence-electron chi connectivity index (χ0n) is 9.96. The zero-order chi connectivity index (χ0) is 11.6. The van der Waals surface area contributed by atoms with E-state index in [1.165, 1.54) is 6.42 Å². The Morgan fingerprint density at radius 1 is 1.38 bits per heavy atom. The van der Waals surface area contributed by atoms with Crippen LogP contribution in [-0.4, -0.2) is 33.3 Å². The van der Waals surface area contributed by atoms with Crippen LogP contribution in [0.2, 0.25) is 0 Å². The van der Waals surface area contributed by atoms with Crippen molar-refractivity contribution in [2.75, 3.05) is 18.8 Å². The van der Waals surface area contributed by atoms with E-state index in [0.717, 1.165) is 32.2 Å². The molecule has 2 rings (SSSR count). The van der Waals surface area contributed by atoms with Gasteiger partial charge in [0.15, 0.2) is 0 Å². The largest absolute Gasteiger partial charge is 0.313 e. The Hall–Kier alpha value is -0.130. The lowest BCUT2D eigenvalue weighted by Gasteiger charge is -2.23. The fourth-order valence-electron chi connectivity index (χ4n) is 2.06. The van der Waals surface area contributed by atoms with Gasteiger partial charge in [-0.2, -0.15) is 0 Å². The Morgan fingerprint density at radius 2 is 2.12 bits per heavy atom. The fourth-order valence-corrected chi connectivity index (χ4v) is 3.56. The van der Waals surface area contributed by atoms with Gasteiger partial charge >= 0.3 is 0 Å². The van der Waals surface area contributed by atoms with Gasteiger partial charge in [-0.05, 0) is 37.6 Å². The van der Waals surface area contributed by atoms with Gasteiger partial charge in [-0.15, -0.1) is 0 Å². The van der Waals surface area contributed by atoms with Gasteiger partial charge in [-0.3, -0.25) is 0 Å². The van der Waals surface area contributed by atoms with E-state index in [1.807, 2.05) is 0 Å². The standard InChI is InChI=1S/C11H22N2O2S/c1-11(5-6-11)9-13-16(14,15)8-10-4-2-3-7-12-10/h10,12-13H,2-9H2,1H3. The molecule has 0 aromatic carbocycles. The summed E-state index contributed by atoms with van der Waals surface area (Å²) in [5.41, 5.74) is 0.243. The van der Waals surface area contributed by atoms with Crippen LogP contribution in [-0.2, 0) is 10.0 Å². The molecule has 0 spiro atoms. The maximum absolute atomic E-state index is 11.8. The molecule has 1 saturated carbocycles. The summed E-state index contributed by atoms with van der Waals surface area (Å²) < 4.78 is 26.4. The third-order valence-electron chi connectivity index (χ3n) is 3.66. The summed E-state index contributed by atoms with van der Waals surface area (Å²) in [4.78, 5) is 0. The number of hydrogen-bond acceptors (Lipinski definition) is 3. The average molecular weight is 246 g/mol. The minimum Gasteiger partial charge on any atom is -0.313 e. The smallest absolute Gasteiger partial charge is 0.213 e. The zero-order valence-corrected chi connectivity index (χ0v) is 10.8. The van der Waals surface area contributed by atoms with Crippen molar-refractivity contribution in [2.45, 2.75) is 45.1 Å². The van der Waals surface area contributed by atoms with Crippen LogP contribution in [0.25, 0.3) is 0 Å². The molecule has 2 N–H and O–H groups in total. The van der Waals surface area contributed by atoms with E-state index < -0.39 is 10.0 Å². The molecule has 1 aliphatic heterocycles. The van der Waals surface area contributed by atoms with Crippen LogP contribution >= 0.6 is 0 Å². The van der Waals surface area contributed by atoms with E-state index in [4.69, 9.17) is 0 Å². The molecule has 1 atom stereocenters. The summed E-state index contributed by atoms with van der Waals surface area (Å²) in [6.07, 6.45) is 5.60. The Kier molecular flexibility index (Phi) is 3.56. The van der Waals surface area contributed by atoms with Crippen molar-refractivity contribution < 1.29 is 8.42 Å². The highest BCUT2D eigenvalue weighted by molar-refractivity contribution is 7.89. The van der Waals surface area contributed by atoms with Gasteiger partial charge in [0.25, 0.3) is 0 Å². The molecule has 2 aliphatic rings. The molecule has 16 heavy (non-hydrogen) atoms. The fraction of sp³-hybridized carbons (Fsp3) is 1.00. The van der Waals surface area contributed by atoms with Crippen LogP contribution in [0.4, 0.5) is 0 Å². The van der Waals surface area contributed by atoms with Gasteiger partial charge in [-0.1, -0.05) is 13.3 Å². The molecule has 1 saturated heterocycles. The SMILES string of the molecule is CC1(CNS(=O)(=O)CC2CCCCN2)CC1. The Morgan fingerprint density at radius 3 is 2.69 bits per heavy atom. The molecule has 4 nitrogen and oxygen atoms in total. The molecule has 0 aromatic heterocycles. The quantitative estimate of drug-likeness (QED) is 0.756. The van der Waals surface area contributed by atoms with E-state index in [-0.39, 0.29) is 17.2 Å². The van der Waals surface area contributed by atoms with Crippen LogP contribution in [0.15, 0.2) is 0 Å². The molecule has 1 heterocycles. The highest BCUT2D eigenvalue weighted by Gasteiger charge is 2.38. The van der Waals surface area contributed by atoms with E-state index in [1.54, 1.807) is 0 Å². The number of piperidine rings is 1. The van der Waals surface area contributed by atoms with Gasteiger partial charge < -0.3 is 5.32 Å². The normalized spacial score (nSPS) is 28.9. The second kappa shape index (κ2) is 4.63. The number of nitrogens with one attached hydrogen (secondary N) is 2. The molecule has 2 fully saturated rings. The summed E-state index contributed by atoms with van der Waals surface area (Å²) in [7, 11) is -3.09. The summed E-state index contributed by atoms with van der Waals surface area (Å²) >= 11 is 0. The molecule has 5 heteroatoms. The topological polar surface area (TPSA) is 58.2 Å². The highest BCUT2D eigenvalue weighted by atomic mass is 32.2. The minimum absolute atomic E-state index is 0.151. The third-order valence-corrected chi connectivity index (χ3v) is 5.08. The monoisotopic (exact) mass is 246 g/mol. The molecule has 0 aromatic rings. The van der Waals surface area contributed by atoms with Crippen LogP contribution in [0.5, 0.6) is 0 Å². The molecule has 94 valence electrons. The number of rotatable bonds is 5. The predicted octanol–water partition coefficient (Wildman–Crippen LogP) is 0.848. The van der Waals surface area contributed by atoms with Gasteiger partial charge in [-0.25, -0.2) is 13.1 Å². The molecular weight excluding hydrogens is 224 g/mol. The second-order valence-corrected chi connectivity index (χ2v) is 7.41. The summed E-state index contributed by atoms with van der Waals surface area (Å²) in [6.45, 7) is 3.70. The van der Waals surface area contributed by atoms with Gasteiger partial charge in [0.2, 0.25) is 10.0 Å². The molecule has 0 radical (unpaired) electrons. The molecule has 1 aliphatic carbocycles. The lowest BCUT2D eigenvalue weighted by atomic mass is 10.1. The van der Waals surface area contributed by atoms with E-state index in [9.17, 15) is 8.42 Å².